The Hall–Kier alpha value is -2.12. The van der Waals surface area contributed by atoms with E-state index < -0.39 is 0 Å². The third kappa shape index (κ3) is 4.90. The van der Waals surface area contributed by atoms with Gasteiger partial charge in [0.2, 0.25) is 11.8 Å². The highest BCUT2D eigenvalue weighted by Gasteiger charge is 2.31. The second kappa shape index (κ2) is 9.59. The van der Waals surface area contributed by atoms with E-state index in [9.17, 15) is 9.59 Å². The molecule has 2 N–H and O–H groups in total. The molecule has 2 amide bonds. The summed E-state index contributed by atoms with van der Waals surface area (Å²) in [4.78, 5) is 23.6. The summed E-state index contributed by atoms with van der Waals surface area (Å²) in [7, 11) is 1.87. The van der Waals surface area contributed by atoms with Crippen LogP contribution in [0, 0.1) is 5.92 Å². The van der Waals surface area contributed by atoms with Crippen molar-refractivity contribution in [2.45, 2.75) is 44.4 Å². The van der Waals surface area contributed by atoms with E-state index in [1.54, 1.807) is 4.68 Å². The minimum Gasteiger partial charge on any atom is -0.494 e. The lowest BCUT2D eigenvalue weighted by Gasteiger charge is -2.22. The van der Waals surface area contributed by atoms with Gasteiger partial charge in [0, 0.05) is 24.9 Å². The third-order valence-electron chi connectivity index (χ3n) is 5.90. The van der Waals surface area contributed by atoms with Crippen molar-refractivity contribution in [3.63, 3.8) is 0 Å². The van der Waals surface area contributed by atoms with Crippen LogP contribution >= 0.6 is 12.4 Å². The fourth-order valence-electron chi connectivity index (χ4n) is 4.30. The quantitative estimate of drug-likeness (QED) is 0.554. The van der Waals surface area contributed by atoms with Gasteiger partial charge in [0.05, 0.1) is 23.7 Å². The molecular weight excluding hydrogens is 392 g/mol. The van der Waals surface area contributed by atoms with Crippen molar-refractivity contribution >= 4 is 35.1 Å². The number of piperidine rings is 2. The highest BCUT2D eigenvalue weighted by atomic mass is 35.5. The molecule has 1 unspecified atom stereocenters. The maximum absolute atomic E-state index is 12.2. The van der Waals surface area contributed by atoms with E-state index in [1.807, 2.05) is 25.2 Å². The monoisotopic (exact) mass is 420 g/mol. The number of carbonyl (C=O) groups excluding carboxylic acids is 2. The van der Waals surface area contributed by atoms with Crippen LogP contribution in [0.25, 0.3) is 10.9 Å². The summed E-state index contributed by atoms with van der Waals surface area (Å²) in [6.07, 6.45) is 5.68. The summed E-state index contributed by atoms with van der Waals surface area (Å²) < 4.78 is 7.76. The number of aromatic nitrogens is 2. The second-order valence-corrected chi connectivity index (χ2v) is 7.88. The van der Waals surface area contributed by atoms with Crippen molar-refractivity contribution in [2.75, 3.05) is 19.7 Å². The summed E-state index contributed by atoms with van der Waals surface area (Å²) in [5, 5.41) is 11.3. The fourth-order valence-corrected chi connectivity index (χ4v) is 4.30. The van der Waals surface area contributed by atoms with Crippen LogP contribution in [0.3, 0.4) is 0 Å². The van der Waals surface area contributed by atoms with Crippen LogP contribution in [0.1, 0.15) is 50.1 Å². The van der Waals surface area contributed by atoms with Gasteiger partial charge in [-0.15, -0.1) is 12.4 Å². The van der Waals surface area contributed by atoms with Gasteiger partial charge in [0.15, 0.2) is 0 Å². The zero-order valence-corrected chi connectivity index (χ0v) is 17.6. The summed E-state index contributed by atoms with van der Waals surface area (Å²) in [6.45, 7) is 2.99. The number of hydrogen-bond acceptors (Lipinski definition) is 5. The molecule has 0 saturated carbocycles. The Morgan fingerprint density at radius 1 is 1.21 bits per heavy atom. The number of nitrogens with one attached hydrogen (secondary N) is 2. The van der Waals surface area contributed by atoms with Gasteiger partial charge in [-0.2, -0.15) is 5.10 Å². The Morgan fingerprint density at radius 2 is 2.00 bits per heavy atom. The number of carbonyl (C=O) groups is 2. The Balaban J connectivity index is 0.00000240. The first-order valence-corrected chi connectivity index (χ1v) is 10.3. The second-order valence-electron chi connectivity index (χ2n) is 7.88. The van der Waals surface area contributed by atoms with Gasteiger partial charge >= 0.3 is 0 Å². The van der Waals surface area contributed by atoms with Crippen molar-refractivity contribution in [3.05, 3.63) is 23.9 Å². The van der Waals surface area contributed by atoms with Gasteiger partial charge in [-0.3, -0.25) is 19.6 Å². The standard InChI is InChI=1S/C21H28N4O3.ClH/c1-25-18-13-15(28-12-2-3-14-8-10-22-11-9-14)4-5-16(18)20(24-25)17-6-7-19(26)23-21(17)27;/h4-5,13-14,17,22H,2-3,6-12H2,1H3,(H,23,26,27);1H. The van der Waals surface area contributed by atoms with E-state index in [2.05, 4.69) is 15.7 Å². The molecule has 29 heavy (non-hydrogen) atoms. The molecule has 1 atom stereocenters. The Bertz CT molecular complexity index is 876. The van der Waals surface area contributed by atoms with Gasteiger partial charge in [0.1, 0.15) is 5.75 Å². The first-order valence-electron chi connectivity index (χ1n) is 10.3. The summed E-state index contributed by atoms with van der Waals surface area (Å²) in [6, 6.07) is 5.91. The third-order valence-corrected chi connectivity index (χ3v) is 5.90. The van der Waals surface area contributed by atoms with Gasteiger partial charge in [-0.25, -0.2) is 0 Å². The summed E-state index contributed by atoms with van der Waals surface area (Å²) in [5.74, 6) is 0.811. The van der Waals surface area contributed by atoms with Crippen LogP contribution in [-0.2, 0) is 16.6 Å². The molecule has 2 fully saturated rings. The first-order chi connectivity index (χ1) is 13.6. The Morgan fingerprint density at radius 3 is 2.76 bits per heavy atom. The van der Waals surface area contributed by atoms with Gasteiger partial charge < -0.3 is 10.1 Å². The number of aryl methyl sites for hydroxylation is 1. The SMILES string of the molecule is Cl.Cn1nc(C2CCC(=O)NC2=O)c2ccc(OCCCC3CCNCC3)cc21. The predicted octanol–water partition coefficient (Wildman–Crippen LogP) is 2.67. The first kappa shape index (κ1) is 21.6. The number of ether oxygens (including phenoxy) is 1. The van der Waals surface area contributed by atoms with Crippen LogP contribution in [-0.4, -0.2) is 41.3 Å². The van der Waals surface area contributed by atoms with Gasteiger partial charge in [0.25, 0.3) is 0 Å². The maximum Gasteiger partial charge on any atom is 0.235 e. The molecule has 2 saturated heterocycles. The van der Waals surface area contributed by atoms with Crippen molar-refractivity contribution in [1.29, 1.82) is 0 Å². The molecule has 0 aliphatic carbocycles. The molecule has 1 aromatic heterocycles. The Labute approximate surface area is 177 Å². The Kier molecular flexibility index (Phi) is 7.14. The van der Waals surface area contributed by atoms with E-state index in [1.165, 1.54) is 19.3 Å². The van der Waals surface area contributed by atoms with Crippen LogP contribution < -0.4 is 15.4 Å². The highest BCUT2D eigenvalue weighted by Crippen LogP contribution is 2.32. The minimum absolute atomic E-state index is 0. The number of amides is 2. The summed E-state index contributed by atoms with van der Waals surface area (Å²) >= 11 is 0. The predicted molar refractivity (Wildman–Crippen MR) is 113 cm³/mol. The molecule has 7 nitrogen and oxygen atoms in total. The topological polar surface area (TPSA) is 85.2 Å². The molecular formula is C21H29ClN4O3. The van der Waals surface area contributed by atoms with Gasteiger partial charge in [-0.05, 0) is 63.2 Å². The van der Waals surface area contributed by atoms with Crippen molar-refractivity contribution in [3.8, 4) is 5.75 Å². The molecule has 2 aliphatic rings. The largest absolute Gasteiger partial charge is 0.494 e. The fraction of sp³-hybridized carbons (Fsp3) is 0.571. The molecule has 0 bridgehead atoms. The average molecular weight is 421 g/mol. The number of halogens is 1. The lowest BCUT2D eigenvalue weighted by molar-refractivity contribution is -0.134. The number of fused-ring (bicyclic) bond motifs is 1. The zero-order chi connectivity index (χ0) is 19.5. The molecule has 2 aromatic rings. The molecule has 158 valence electrons. The van der Waals surface area contributed by atoms with E-state index >= 15 is 0 Å². The van der Waals surface area contributed by atoms with Crippen LogP contribution in [0.4, 0.5) is 0 Å². The lowest BCUT2D eigenvalue weighted by atomic mass is 9.93. The van der Waals surface area contributed by atoms with Gasteiger partial charge in [-0.1, -0.05) is 0 Å². The van der Waals surface area contributed by atoms with Crippen LogP contribution in [0.2, 0.25) is 0 Å². The average Bonchev–Trinajstić information content (AvgIpc) is 3.02. The number of nitrogens with zero attached hydrogens (tertiary/aromatic N) is 2. The lowest BCUT2D eigenvalue weighted by Crippen LogP contribution is -2.39. The minimum atomic E-state index is -0.377. The number of hydrogen-bond donors (Lipinski definition) is 2. The molecule has 0 radical (unpaired) electrons. The van der Waals surface area contributed by atoms with Crippen molar-refractivity contribution in [2.24, 2.45) is 13.0 Å². The highest BCUT2D eigenvalue weighted by molar-refractivity contribution is 6.02. The van der Waals surface area contributed by atoms with Crippen molar-refractivity contribution < 1.29 is 14.3 Å². The van der Waals surface area contributed by atoms with Crippen molar-refractivity contribution in [1.82, 2.24) is 20.4 Å². The zero-order valence-electron chi connectivity index (χ0n) is 16.8. The van der Waals surface area contributed by atoms with E-state index in [0.717, 1.165) is 47.8 Å². The summed E-state index contributed by atoms with van der Waals surface area (Å²) in [5.41, 5.74) is 1.68. The molecule has 2 aliphatic heterocycles. The number of benzene rings is 1. The van der Waals surface area contributed by atoms with Crippen LogP contribution in [0.15, 0.2) is 18.2 Å². The molecule has 0 spiro atoms. The van der Waals surface area contributed by atoms with E-state index in [4.69, 9.17) is 4.74 Å². The normalized spacial score (nSPS) is 20.4. The number of imide groups is 1. The van der Waals surface area contributed by atoms with E-state index in [-0.39, 0.29) is 30.1 Å². The molecule has 1 aromatic carbocycles. The molecule has 8 heteroatoms. The molecule has 4 rings (SSSR count). The number of rotatable bonds is 6. The maximum atomic E-state index is 12.2. The van der Waals surface area contributed by atoms with Crippen LogP contribution in [0.5, 0.6) is 5.75 Å². The van der Waals surface area contributed by atoms with E-state index in [0.29, 0.717) is 19.4 Å². The molecule has 3 heterocycles. The smallest absolute Gasteiger partial charge is 0.235 e.